The first-order valence-corrected chi connectivity index (χ1v) is 8.64. The largest absolute Gasteiger partial charge is 0.324 e. The highest BCUT2D eigenvalue weighted by Crippen LogP contribution is 2.19. The van der Waals surface area contributed by atoms with Crippen LogP contribution in [0.3, 0.4) is 0 Å². The number of nitrogens with one attached hydrogen (secondary N) is 2. The van der Waals surface area contributed by atoms with Crippen LogP contribution in [-0.2, 0) is 6.42 Å². The standard InChI is InChI=1S/C21H22N4O/c1-4-16-10-6-8-12-18(16)23-20(26)19-13-15(3)22-21(25-19)24-17-11-7-5-9-14(17)2/h5-13H,4H2,1-3H3,(H,23,26)(H,22,24,25). The second-order valence-corrected chi connectivity index (χ2v) is 6.12. The third kappa shape index (κ3) is 4.06. The van der Waals surface area contributed by atoms with E-state index in [-0.39, 0.29) is 5.91 Å². The highest BCUT2D eigenvalue weighted by atomic mass is 16.1. The van der Waals surface area contributed by atoms with Gasteiger partial charge in [0.25, 0.3) is 5.91 Å². The number of hydrogen-bond donors (Lipinski definition) is 2. The summed E-state index contributed by atoms with van der Waals surface area (Å²) in [6, 6.07) is 17.3. The lowest BCUT2D eigenvalue weighted by atomic mass is 10.1. The number of rotatable bonds is 5. The molecule has 0 atom stereocenters. The van der Waals surface area contributed by atoms with E-state index in [2.05, 4.69) is 27.5 Å². The molecular formula is C21H22N4O. The van der Waals surface area contributed by atoms with Crippen LogP contribution in [0.5, 0.6) is 0 Å². The SMILES string of the molecule is CCc1ccccc1NC(=O)c1cc(C)nc(Nc2ccccc2C)n1. The number of hydrogen-bond acceptors (Lipinski definition) is 4. The molecule has 0 unspecified atom stereocenters. The first kappa shape index (κ1) is 17.6. The Hall–Kier alpha value is -3.21. The van der Waals surface area contributed by atoms with Crippen molar-refractivity contribution in [2.24, 2.45) is 0 Å². The minimum atomic E-state index is -0.246. The van der Waals surface area contributed by atoms with Crippen molar-refractivity contribution in [3.63, 3.8) is 0 Å². The number of aryl methyl sites for hydroxylation is 3. The third-order valence-corrected chi connectivity index (χ3v) is 4.12. The van der Waals surface area contributed by atoms with E-state index >= 15 is 0 Å². The monoisotopic (exact) mass is 346 g/mol. The van der Waals surface area contributed by atoms with E-state index in [1.54, 1.807) is 6.07 Å². The first-order valence-electron chi connectivity index (χ1n) is 8.64. The zero-order chi connectivity index (χ0) is 18.5. The van der Waals surface area contributed by atoms with Gasteiger partial charge in [0.05, 0.1) is 0 Å². The summed E-state index contributed by atoms with van der Waals surface area (Å²) in [7, 11) is 0. The van der Waals surface area contributed by atoms with Crippen LogP contribution in [0.2, 0.25) is 0 Å². The molecule has 0 aliphatic carbocycles. The number of nitrogens with zero attached hydrogens (tertiary/aromatic N) is 2. The van der Waals surface area contributed by atoms with Gasteiger partial charge >= 0.3 is 0 Å². The molecule has 0 aliphatic rings. The highest BCUT2D eigenvalue weighted by molar-refractivity contribution is 6.03. The maximum atomic E-state index is 12.7. The number of anilines is 3. The van der Waals surface area contributed by atoms with Gasteiger partial charge in [-0.15, -0.1) is 0 Å². The fourth-order valence-corrected chi connectivity index (χ4v) is 2.71. The van der Waals surface area contributed by atoms with E-state index in [0.29, 0.717) is 11.6 Å². The molecule has 2 aromatic carbocycles. The van der Waals surface area contributed by atoms with E-state index in [4.69, 9.17) is 0 Å². The number of carbonyl (C=O) groups excluding carboxylic acids is 1. The fraction of sp³-hybridized carbons (Fsp3) is 0.190. The fourth-order valence-electron chi connectivity index (χ4n) is 2.71. The summed E-state index contributed by atoms with van der Waals surface area (Å²) in [5.74, 6) is 0.164. The van der Waals surface area contributed by atoms with Crippen LogP contribution in [0.25, 0.3) is 0 Å². The Kier molecular flexibility index (Phi) is 5.27. The van der Waals surface area contributed by atoms with Crippen molar-refractivity contribution in [1.82, 2.24) is 9.97 Å². The van der Waals surface area contributed by atoms with Crippen molar-refractivity contribution in [1.29, 1.82) is 0 Å². The van der Waals surface area contributed by atoms with Gasteiger partial charge in [-0.05, 0) is 49.6 Å². The van der Waals surface area contributed by atoms with E-state index < -0.39 is 0 Å². The van der Waals surface area contributed by atoms with Crippen LogP contribution in [0.15, 0.2) is 54.6 Å². The molecule has 1 amide bonds. The number of para-hydroxylation sites is 2. The Balaban J connectivity index is 1.85. The van der Waals surface area contributed by atoms with Crippen molar-refractivity contribution in [3.05, 3.63) is 77.1 Å². The average Bonchev–Trinajstić information content (AvgIpc) is 2.63. The molecule has 0 saturated heterocycles. The van der Waals surface area contributed by atoms with Crippen molar-refractivity contribution in [3.8, 4) is 0 Å². The number of carbonyl (C=O) groups is 1. The molecule has 132 valence electrons. The lowest BCUT2D eigenvalue weighted by Crippen LogP contribution is -2.16. The summed E-state index contributed by atoms with van der Waals surface area (Å²) < 4.78 is 0. The summed E-state index contributed by atoms with van der Waals surface area (Å²) in [6.07, 6.45) is 0.847. The highest BCUT2D eigenvalue weighted by Gasteiger charge is 2.13. The van der Waals surface area contributed by atoms with E-state index in [0.717, 1.165) is 34.6 Å². The molecule has 1 aromatic heterocycles. The molecule has 5 heteroatoms. The topological polar surface area (TPSA) is 66.9 Å². The zero-order valence-corrected chi connectivity index (χ0v) is 15.2. The van der Waals surface area contributed by atoms with Crippen molar-refractivity contribution in [2.75, 3.05) is 10.6 Å². The molecule has 5 nitrogen and oxygen atoms in total. The molecule has 0 fully saturated rings. The van der Waals surface area contributed by atoms with E-state index in [1.807, 2.05) is 62.4 Å². The van der Waals surface area contributed by atoms with Crippen LogP contribution >= 0.6 is 0 Å². The molecule has 3 aromatic rings. The lowest BCUT2D eigenvalue weighted by molar-refractivity contribution is 0.102. The molecule has 2 N–H and O–H groups in total. The smallest absolute Gasteiger partial charge is 0.274 e. The van der Waals surface area contributed by atoms with Crippen LogP contribution < -0.4 is 10.6 Å². The molecule has 1 heterocycles. The molecule has 26 heavy (non-hydrogen) atoms. The van der Waals surface area contributed by atoms with E-state index in [1.165, 1.54) is 0 Å². The van der Waals surface area contributed by atoms with Crippen LogP contribution in [0.4, 0.5) is 17.3 Å². The van der Waals surface area contributed by atoms with Crippen molar-refractivity contribution < 1.29 is 4.79 Å². The predicted octanol–water partition coefficient (Wildman–Crippen LogP) is 4.65. The summed E-state index contributed by atoms with van der Waals surface area (Å²) in [5, 5.41) is 6.14. The lowest BCUT2D eigenvalue weighted by Gasteiger charge is -2.12. The molecule has 0 spiro atoms. The van der Waals surface area contributed by atoms with Crippen LogP contribution in [0.1, 0.15) is 34.2 Å². The van der Waals surface area contributed by atoms with Crippen LogP contribution in [-0.4, -0.2) is 15.9 Å². The summed E-state index contributed by atoms with van der Waals surface area (Å²) in [4.78, 5) is 21.5. The first-order chi connectivity index (χ1) is 12.6. The van der Waals surface area contributed by atoms with Crippen molar-refractivity contribution >= 4 is 23.2 Å². The maximum absolute atomic E-state index is 12.7. The Bertz CT molecular complexity index is 937. The van der Waals surface area contributed by atoms with Gasteiger partial charge in [-0.3, -0.25) is 4.79 Å². The molecule has 0 saturated carbocycles. The quantitative estimate of drug-likeness (QED) is 0.705. The van der Waals surface area contributed by atoms with Gasteiger partial charge in [0, 0.05) is 17.1 Å². The Morgan fingerprint density at radius 1 is 0.962 bits per heavy atom. The predicted molar refractivity (Wildman–Crippen MR) is 105 cm³/mol. The summed E-state index contributed by atoms with van der Waals surface area (Å²) in [5.41, 5.74) is 4.96. The molecular weight excluding hydrogens is 324 g/mol. The molecule has 0 bridgehead atoms. The average molecular weight is 346 g/mol. The second kappa shape index (κ2) is 7.78. The van der Waals surface area contributed by atoms with Gasteiger partial charge < -0.3 is 10.6 Å². The Morgan fingerprint density at radius 3 is 2.38 bits per heavy atom. The van der Waals surface area contributed by atoms with Gasteiger partial charge in [-0.2, -0.15) is 0 Å². The maximum Gasteiger partial charge on any atom is 0.274 e. The van der Waals surface area contributed by atoms with Crippen molar-refractivity contribution in [2.45, 2.75) is 27.2 Å². The second-order valence-electron chi connectivity index (χ2n) is 6.12. The zero-order valence-electron chi connectivity index (χ0n) is 15.2. The number of benzene rings is 2. The third-order valence-electron chi connectivity index (χ3n) is 4.12. The van der Waals surface area contributed by atoms with Gasteiger partial charge in [0.2, 0.25) is 5.95 Å². The van der Waals surface area contributed by atoms with Gasteiger partial charge in [0.15, 0.2) is 0 Å². The Morgan fingerprint density at radius 2 is 1.65 bits per heavy atom. The number of aromatic nitrogens is 2. The minimum absolute atomic E-state index is 0.246. The Labute approximate surface area is 153 Å². The van der Waals surface area contributed by atoms with Gasteiger partial charge in [0.1, 0.15) is 5.69 Å². The molecule has 3 rings (SSSR count). The summed E-state index contributed by atoms with van der Waals surface area (Å²) in [6.45, 7) is 5.92. The molecule has 0 aliphatic heterocycles. The van der Waals surface area contributed by atoms with Gasteiger partial charge in [-0.25, -0.2) is 9.97 Å². The molecule has 0 radical (unpaired) electrons. The number of amides is 1. The van der Waals surface area contributed by atoms with Crippen LogP contribution in [0, 0.1) is 13.8 Å². The minimum Gasteiger partial charge on any atom is -0.324 e. The normalized spacial score (nSPS) is 10.4. The van der Waals surface area contributed by atoms with Gasteiger partial charge in [-0.1, -0.05) is 43.3 Å². The summed E-state index contributed by atoms with van der Waals surface area (Å²) >= 11 is 0. The van der Waals surface area contributed by atoms with E-state index in [9.17, 15) is 4.79 Å².